The quantitative estimate of drug-likeness (QED) is 0.614. The van der Waals surface area contributed by atoms with Crippen LogP contribution in [0.25, 0.3) is 0 Å². The fraction of sp³-hybridized carbons (Fsp3) is 0.143. The van der Waals surface area contributed by atoms with E-state index < -0.39 is 14.9 Å². The van der Waals surface area contributed by atoms with E-state index in [0.717, 1.165) is 16.1 Å². The molecule has 0 bridgehead atoms. The number of sulfonamides is 1. The molecule has 0 aliphatic heterocycles. The number of benzene rings is 2. The van der Waals surface area contributed by atoms with Gasteiger partial charge in [-0.15, -0.1) is 0 Å². The average molecular weight is 400 g/mol. The SMILES string of the molecule is CN(Cc1ccccc1Br)c1ccc([N+](=O)[O-])cc1S(N)(=O)=O. The molecular formula is C14H14BrN3O4S. The van der Waals surface area contributed by atoms with E-state index in [1.165, 1.54) is 12.1 Å². The van der Waals surface area contributed by atoms with Crippen LogP contribution >= 0.6 is 15.9 Å². The second-order valence-corrected chi connectivity index (χ2v) is 7.29. The molecule has 0 saturated carbocycles. The lowest BCUT2D eigenvalue weighted by Gasteiger charge is -2.22. The molecule has 0 amide bonds. The van der Waals surface area contributed by atoms with Crippen LogP contribution in [0, 0.1) is 10.1 Å². The molecule has 23 heavy (non-hydrogen) atoms. The van der Waals surface area contributed by atoms with Crippen molar-refractivity contribution < 1.29 is 13.3 Å². The van der Waals surface area contributed by atoms with Crippen molar-refractivity contribution in [1.82, 2.24) is 0 Å². The largest absolute Gasteiger partial charge is 0.369 e. The van der Waals surface area contributed by atoms with Gasteiger partial charge in [0.05, 0.1) is 10.6 Å². The summed E-state index contributed by atoms with van der Waals surface area (Å²) in [5.74, 6) is 0. The van der Waals surface area contributed by atoms with Crippen LogP contribution in [0.4, 0.5) is 11.4 Å². The first-order valence-electron chi connectivity index (χ1n) is 6.46. The van der Waals surface area contributed by atoms with Crippen LogP contribution in [0.3, 0.4) is 0 Å². The number of halogens is 1. The molecule has 0 fully saturated rings. The lowest BCUT2D eigenvalue weighted by atomic mass is 10.2. The first-order chi connectivity index (χ1) is 10.7. The summed E-state index contributed by atoms with van der Waals surface area (Å²) < 4.78 is 24.4. The third kappa shape index (κ3) is 4.06. The average Bonchev–Trinajstić information content (AvgIpc) is 2.48. The van der Waals surface area contributed by atoms with Gasteiger partial charge in [-0.1, -0.05) is 34.1 Å². The molecule has 0 unspecified atom stereocenters. The van der Waals surface area contributed by atoms with Crippen molar-refractivity contribution in [3.8, 4) is 0 Å². The van der Waals surface area contributed by atoms with Crippen molar-refractivity contribution >= 4 is 37.3 Å². The third-order valence-electron chi connectivity index (χ3n) is 3.24. The molecule has 0 aliphatic rings. The molecule has 0 saturated heterocycles. The van der Waals surface area contributed by atoms with E-state index in [1.54, 1.807) is 11.9 Å². The second-order valence-electron chi connectivity index (χ2n) is 4.90. The highest BCUT2D eigenvalue weighted by Crippen LogP contribution is 2.29. The molecule has 0 aromatic heterocycles. The Balaban J connectivity index is 2.46. The zero-order valence-electron chi connectivity index (χ0n) is 12.1. The summed E-state index contributed by atoms with van der Waals surface area (Å²) in [6.45, 7) is 0.405. The number of anilines is 1. The second kappa shape index (κ2) is 6.65. The van der Waals surface area contributed by atoms with Crippen LogP contribution in [0.2, 0.25) is 0 Å². The molecule has 122 valence electrons. The lowest BCUT2D eigenvalue weighted by Crippen LogP contribution is -2.22. The highest BCUT2D eigenvalue weighted by molar-refractivity contribution is 9.10. The number of primary sulfonamides is 1. The lowest BCUT2D eigenvalue weighted by molar-refractivity contribution is -0.385. The zero-order chi connectivity index (χ0) is 17.2. The molecule has 2 aromatic carbocycles. The molecule has 0 atom stereocenters. The van der Waals surface area contributed by atoms with Gasteiger partial charge in [0.15, 0.2) is 0 Å². The maximum Gasteiger partial charge on any atom is 0.270 e. The van der Waals surface area contributed by atoms with Crippen molar-refractivity contribution in [2.24, 2.45) is 5.14 Å². The van der Waals surface area contributed by atoms with Gasteiger partial charge in [0.25, 0.3) is 5.69 Å². The fourth-order valence-corrected chi connectivity index (χ4v) is 3.34. The van der Waals surface area contributed by atoms with E-state index in [2.05, 4.69) is 15.9 Å². The Morgan fingerprint density at radius 3 is 2.48 bits per heavy atom. The Hall–Kier alpha value is -1.97. The van der Waals surface area contributed by atoms with E-state index in [4.69, 9.17) is 5.14 Å². The highest BCUT2D eigenvalue weighted by atomic mass is 79.9. The highest BCUT2D eigenvalue weighted by Gasteiger charge is 2.21. The summed E-state index contributed by atoms with van der Waals surface area (Å²) in [6.07, 6.45) is 0. The van der Waals surface area contributed by atoms with Crippen molar-refractivity contribution in [2.75, 3.05) is 11.9 Å². The van der Waals surface area contributed by atoms with Crippen LogP contribution in [-0.4, -0.2) is 20.4 Å². The van der Waals surface area contributed by atoms with Crippen LogP contribution in [-0.2, 0) is 16.6 Å². The van der Waals surface area contributed by atoms with E-state index in [1.807, 2.05) is 24.3 Å². The van der Waals surface area contributed by atoms with Gasteiger partial charge < -0.3 is 4.90 Å². The number of nitrogens with zero attached hydrogens (tertiary/aromatic N) is 2. The Kier molecular flexibility index (Phi) is 5.03. The van der Waals surface area contributed by atoms with Gasteiger partial charge in [-0.2, -0.15) is 0 Å². The summed E-state index contributed by atoms with van der Waals surface area (Å²) in [6, 6.07) is 11.1. The van der Waals surface area contributed by atoms with Gasteiger partial charge in [-0.3, -0.25) is 10.1 Å². The van der Waals surface area contributed by atoms with Gasteiger partial charge in [-0.05, 0) is 17.7 Å². The molecule has 0 radical (unpaired) electrons. The predicted octanol–water partition coefficient (Wildman–Crippen LogP) is 2.64. The Morgan fingerprint density at radius 1 is 1.26 bits per heavy atom. The molecule has 9 heteroatoms. The van der Waals surface area contributed by atoms with Crippen molar-refractivity contribution in [3.05, 3.63) is 62.6 Å². The standard InChI is InChI=1S/C14H14BrN3O4S/c1-17(9-10-4-2-3-5-12(10)15)13-7-6-11(18(19)20)8-14(13)23(16,21)22/h2-8H,9H2,1H3,(H2,16,21,22). The zero-order valence-corrected chi connectivity index (χ0v) is 14.5. The van der Waals surface area contributed by atoms with Crippen LogP contribution < -0.4 is 10.0 Å². The van der Waals surface area contributed by atoms with Crippen molar-refractivity contribution in [3.63, 3.8) is 0 Å². The number of non-ortho nitro benzene ring substituents is 1. The van der Waals surface area contributed by atoms with Crippen molar-refractivity contribution in [2.45, 2.75) is 11.4 Å². The summed E-state index contributed by atoms with van der Waals surface area (Å²) in [5.41, 5.74) is 0.912. The Labute approximate surface area is 142 Å². The normalized spacial score (nSPS) is 11.3. The predicted molar refractivity (Wildman–Crippen MR) is 90.7 cm³/mol. The number of nitro benzene ring substituents is 1. The van der Waals surface area contributed by atoms with Gasteiger partial charge in [0.2, 0.25) is 10.0 Å². The summed E-state index contributed by atoms with van der Waals surface area (Å²) >= 11 is 3.43. The molecular weight excluding hydrogens is 386 g/mol. The monoisotopic (exact) mass is 399 g/mol. The Morgan fingerprint density at radius 2 is 1.91 bits per heavy atom. The fourth-order valence-electron chi connectivity index (χ4n) is 2.13. The van der Waals surface area contributed by atoms with Gasteiger partial charge in [-0.25, -0.2) is 13.6 Å². The van der Waals surface area contributed by atoms with Gasteiger partial charge >= 0.3 is 0 Å². The Bertz CT molecular complexity index is 855. The van der Waals surface area contributed by atoms with E-state index in [9.17, 15) is 18.5 Å². The van der Waals surface area contributed by atoms with E-state index >= 15 is 0 Å². The number of nitro groups is 1. The van der Waals surface area contributed by atoms with Gasteiger partial charge in [0.1, 0.15) is 4.90 Å². The summed E-state index contributed by atoms with van der Waals surface area (Å²) in [4.78, 5) is 11.6. The molecule has 2 rings (SSSR count). The smallest absolute Gasteiger partial charge is 0.270 e. The van der Waals surface area contributed by atoms with E-state index in [-0.39, 0.29) is 10.6 Å². The first kappa shape index (κ1) is 17.4. The number of hydrogen-bond donors (Lipinski definition) is 1. The topological polar surface area (TPSA) is 107 Å². The number of hydrogen-bond acceptors (Lipinski definition) is 5. The minimum absolute atomic E-state index is 0.277. The van der Waals surface area contributed by atoms with Crippen LogP contribution in [0.1, 0.15) is 5.56 Å². The molecule has 0 heterocycles. The minimum atomic E-state index is -4.09. The number of nitrogens with two attached hydrogens (primary N) is 1. The number of rotatable bonds is 5. The van der Waals surface area contributed by atoms with Gasteiger partial charge in [0, 0.05) is 30.2 Å². The molecule has 2 aromatic rings. The van der Waals surface area contributed by atoms with Crippen LogP contribution in [0.5, 0.6) is 0 Å². The third-order valence-corrected chi connectivity index (χ3v) is 4.95. The first-order valence-corrected chi connectivity index (χ1v) is 8.80. The summed E-state index contributed by atoms with van der Waals surface area (Å²) in [5, 5.41) is 16.0. The maximum absolute atomic E-state index is 11.8. The summed E-state index contributed by atoms with van der Waals surface area (Å²) in [7, 11) is -2.40. The van der Waals surface area contributed by atoms with Crippen LogP contribution in [0.15, 0.2) is 51.8 Å². The van der Waals surface area contributed by atoms with Crippen molar-refractivity contribution in [1.29, 1.82) is 0 Å². The molecule has 0 aliphatic carbocycles. The molecule has 2 N–H and O–H groups in total. The maximum atomic E-state index is 11.8. The molecule has 7 nitrogen and oxygen atoms in total. The van der Waals surface area contributed by atoms with E-state index in [0.29, 0.717) is 12.2 Å². The minimum Gasteiger partial charge on any atom is -0.369 e. The molecule has 0 spiro atoms.